The van der Waals surface area contributed by atoms with E-state index >= 15 is 0 Å². The Balaban J connectivity index is 1.60. The van der Waals surface area contributed by atoms with Crippen LogP contribution in [0.1, 0.15) is 12.0 Å². The van der Waals surface area contributed by atoms with Crippen molar-refractivity contribution in [3.63, 3.8) is 0 Å². The fourth-order valence-electron chi connectivity index (χ4n) is 2.85. The normalized spacial score (nSPS) is 25.9. The Morgan fingerprint density at radius 3 is 2.85 bits per heavy atom. The van der Waals surface area contributed by atoms with Gasteiger partial charge in [0.15, 0.2) is 0 Å². The molecule has 5 heteroatoms. The number of carbonyl (C=O) groups is 1. The number of carbonyl (C=O) groups excluding carboxylic acids is 1. The fourth-order valence-corrected chi connectivity index (χ4v) is 2.85. The first-order valence-electron chi connectivity index (χ1n) is 7.05. The highest BCUT2D eigenvalue weighted by molar-refractivity contribution is 5.70. The maximum absolute atomic E-state index is 11.9. The van der Waals surface area contributed by atoms with Crippen LogP contribution in [0.3, 0.4) is 0 Å². The minimum absolute atomic E-state index is 0.0377. The van der Waals surface area contributed by atoms with Crippen LogP contribution in [-0.4, -0.2) is 43.8 Å². The molecule has 0 spiro atoms. The van der Waals surface area contributed by atoms with Gasteiger partial charge in [-0.25, -0.2) is 4.79 Å². The van der Waals surface area contributed by atoms with Crippen LogP contribution in [0.2, 0.25) is 0 Å². The Hall–Kier alpha value is -1.75. The summed E-state index contributed by atoms with van der Waals surface area (Å²) in [7, 11) is 1.65. The standard InChI is InChI=1S/C15H20N2O3/c1-19-13-4-2-11(3-5-13)9-17-10-14(20-15(17)18)12-6-7-16-8-12/h2-5,12,14,16H,6-10H2,1H3. The van der Waals surface area contributed by atoms with Gasteiger partial charge in [0.25, 0.3) is 0 Å². The number of benzene rings is 1. The van der Waals surface area contributed by atoms with Gasteiger partial charge in [-0.05, 0) is 30.7 Å². The molecule has 1 amide bonds. The average Bonchev–Trinajstić information content (AvgIpc) is 3.10. The fraction of sp³-hybridized carbons (Fsp3) is 0.533. The van der Waals surface area contributed by atoms with Gasteiger partial charge < -0.3 is 19.7 Å². The summed E-state index contributed by atoms with van der Waals surface area (Å²) in [6, 6.07) is 7.79. The molecule has 1 aromatic rings. The number of nitrogens with one attached hydrogen (secondary N) is 1. The highest BCUT2D eigenvalue weighted by atomic mass is 16.6. The van der Waals surface area contributed by atoms with E-state index in [0.29, 0.717) is 19.0 Å². The van der Waals surface area contributed by atoms with E-state index in [2.05, 4.69) is 5.32 Å². The van der Waals surface area contributed by atoms with Crippen LogP contribution in [-0.2, 0) is 11.3 Å². The number of ether oxygens (including phenoxy) is 2. The second kappa shape index (κ2) is 5.71. The molecule has 2 atom stereocenters. The van der Waals surface area contributed by atoms with Gasteiger partial charge in [0.1, 0.15) is 11.9 Å². The maximum Gasteiger partial charge on any atom is 0.410 e. The summed E-state index contributed by atoms with van der Waals surface area (Å²) in [6.07, 6.45) is 0.933. The molecule has 3 rings (SSSR count). The lowest BCUT2D eigenvalue weighted by Crippen LogP contribution is -2.28. The lowest BCUT2D eigenvalue weighted by Gasteiger charge is -2.16. The van der Waals surface area contributed by atoms with Crippen molar-refractivity contribution in [2.45, 2.75) is 19.1 Å². The predicted molar refractivity (Wildman–Crippen MR) is 74.6 cm³/mol. The number of hydrogen-bond donors (Lipinski definition) is 1. The Morgan fingerprint density at radius 1 is 1.40 bits per heavy atom. The van der Waals surface area contributed by atoms with Gasteiger partial charge in [-0.15, -0.1) is 0 Å². The molecule has 5 nitrogen and oxygen atoms in total. The molecule has 2 fully saturated rings. The molecule has 0 aliphatic carbocycles. The van der Waals surface area contributed by atoms with Crippen molar-refractivity contribution >= 4 is 6.09 Å². The predicted octanol–water partition coefficient (Wildman–Crippen LogP) is 1.63. The lowest BCUT2D eigenvalue weighted by atomic mass is 10.0. The average molecular weight is 276 g/mol. The quantitative estimate of drug-likeness (QED) is 0.908. The molecule has 0 aromatic heterocycles. The first-order chi connectivity index (χ1) is 9.76. The third kappa shape index (κ3) is 2.72. The van der Waals surface area contributed by atoms with Crippen LogP contribution in [0.25, 0.3) is 0 Å². The summed E-state index contributed by atoms with van der Waals surface area (Å²) in [5.41, 5.74) is 1.09. The first-order valence-corrected chi connectivity index (χ1v) is 7.05. The van der Waals surface area contributed by atoms with Crippen molar-refractivity contribution in [3.8, 4) is 5.75 Å². The number of rotatable bonds is 4. The summed E-state index contributed by atoms with van der Waals surface area (Å²) in [4.78, 5) is 13.7. The smallest absolute Gasteiger partial charge is 0.410 e. The van der Waals surface area contributed by atoms with E-state index in [1.54, 1.807) is 12.0 Å². The van der Waals surface area contributed by atoms with Gasteiger partial charge >= 0.3 is 6.09 Å². The van der Waals surface area contributed by atoms with E-state index in [0.717, 1.165) is 30.8 Å². The van der Waals surface area contributed by atoms with Crippen LogP contribution in [0, 0.1) is 5.92 Å². The Labute approximate surface area is 118 Å². The summed E-state index contributed by atoms with van der Waals surface area (Å²) in [5, 5.41) is 3.32. The van der Waals surface area contributed by atoms with Crippen molar-refractivity contribution in [3.05, 3.63) is 29.8 Å². The first kappa shape index (κ1) is 13.2. The summed E-state index contributed by atoms with van der Waals surface area (Å²) in [6.45, 7) is 3.27. The highest BCUT2D eigenvalue weighted by Gasteiger charge is 2.37. The molecule has 0 bridgehead atoms. The summed E-state index contributed by atoms with van der Waals surface area (Å²) >= 11 is 0. The maximum atomic E-state index is 11.9. The summed E-state index contributed by atoms with van der Waals surface area (Å²) in [5.74, 6) is 1.28. The zero-order chi connectivity index (χ0) is 13.9. The highest BCUT2D eigenvalue weighted by Crippen LogP contribution is 2.24. The van der Waals surface area contributed by atoms with Crippen molar-refractivity contribution in [2.75, 3.05) is 26.7 Å². The van der Waals surface area contributed by atoms with Crippen molar-refractivity contribution in [1.29, 1.82) is 0 Å². The molecule has 0 radical (unpaired) electrons. The van der Waals surface area contributed by atoms with Gasteiger partial charge in [-0.1, -0.05) is 12.1 Å². The molecule has 0 saturated carbocycles. The number of cyclic esters (lactones) is 1. The van der Waals surface area contributed by atoms with E-state index in [1.165, 1.54) is 0 Å². The minimum atomic E-state index is -0.197. The zero-order valence-corrected chi connectivity index (χ0v) is 11.7. The molecular formula is C15H20N2O3. The molecule has 1 N–H and O–H groups in total. The van der Waals surface area contributed by atoms with Crippen LogP contribution < -0.4 is 10.1 Å². The second-order valence-electron chi connectivity index (χ2n) is 5.40. The van der Waals surface area contributed by atoms with E-state index in [-0.39, 0.29) is 12.2 Å². The SMILES string of the molecule is COc1ccc(CN2CC(C3CCNC3)OC2=O)cc1. The van der Waals surface area contributed by atoms with E-state index in [1.807, 2.05) is 24.3 Å². The third-order valence-electron chi connectivity index (χ3n) is 4.07. The number of methoxy groups -OCH3 is 1. The molecular weight excluding hydrogens is 256 g/mol. The Morgan fingerprint density at radius 2 is 2.20 bits per heavy atom. The van der Waals surface area contributed by atoms with Crippen LogP contribution >= 0.6 is 0 Å². The van der Waals surface area contributed by atoms with Crippen LogP contribution in [0.5, 0.6) is 5.75 Å². The molecule has 108 valence electrons. The molecule has 2 aliphatic rings. The molecule has 1 aromatic carbocycles. The van der Waals surface area contributed by atoms with Gasteiger partial charge in [0, 0.05) is 19.0 Å². The Kier molecular flexibility index (Phi) is 3.78. The second-order valence-corrected chi connectivity index (χ2v) is 5.40. The number of amides is 1. The topological polar surface area (TPSA) is 50.8 Å². The number of hydrogen-bond acceptors (Lipinski definition) is 4. The molecule has 2 saturated heterocycles. The zero-order valence-electron chi connectivity index (χ0n) is 11.7. The minimum Gasteiger partial charge on any atom is -0.497 e. The monoisotopic (exact) mass is 276 g/mol. The van der Waals surface area contributed by atoms with Crippen LogP contribution in [0.15, 0.2) is 24.3 Å². The van der Waals surface area contributed by atoms with Crippen LogP contribution in [0.4, 0.5) is 4.79 Å². The molecule has 2 unspecified atom stereocenters. The lowest BCUT2D eigenvalue weighted by molar-refractivity contribution is 0.107. The van der Waals surface area contributed by atoms with Crippen molar-refractivity contribution in [1.82, 2.24) is 10.2 Å². The van der Waals surface area contributed by atoms with E-state index < -0.39 is 0 Å². The molecule has 20 heavy (non-hydrogen) atoms. The van der Waals surface area contributed by atoms with E-state index in [9.17, 15) is 4.79 Å². The van der Waals surface area contributed by atoms with Crippen molar-refractivity contribution < 1.29 is 14.3 Å². The van der Waals surface area contributed by atoms with E-state index in [4.69, 9.17) is 9.47 Å². The van der Waals surface area contributed by atoms with Gasteiger partial charge in [0.05, 0.1) is 13.7 Å². The Bertz CT molecular complexity index is 469. The largest absolute Gasteiger partial charge is 0.497 e. The molecule has 2 aliphatic heterocycles. The van der Waals surface area contributed by atoms with Crippen molar-refractivity contribution in [2.24, 2.45) is 5.92 Å². The van der Waals surface area contributed by atoms with Gasteiger partial charge in [-0.2, -0.15) is 0 Å². The third-order valence-corrected chi connectivity index (χ3v) is 4.07. The molecule has 2 heterocycles. The van der Waals surface area contributed by atoms with Gasteiger partial charge in [0.2, 0.25) is 0 Å². The van der Waals surface area contributed by atoms with Gasteiger partial charge in [-0.3, -0.25) is 0 Å². The number of nitrogens with zero attached hydrogens (tertiary/aromatic N) is 1. The summed E-state index contributed by atoms with van der Waals surface area (Å²) < 4.78 is 10.6.